The summed E-state index contributed by atoms with van der Waals surface area (Å²) in [6.07, 6.45) is 5.97. The molecule has 1 aromatic carbocycles. The van der Waals surface area contributed by atoms with Gasteiger partial charge in [-0.3, -0.25) is 4.79 Å². The molecule has 1 aromatic heterocycles. The second-order valence-electron chi connectivity index (χ2n) is 6.83. The highest BCUT2D eigenvalue weighted by molar-refractivity contribution is 5.97. The summed E-state index contributed by atoms with van der Waals surface area (Å²) in [7, 11) is 0. The van der Waals surface area contributed by atoms with Gasteiger partial charge in [0.15, 0.2) is 0 Å². The molecule has 3 heteroatoms. The zero-order chi connectivity index (χ0) is 16.4. The predicted octanol–water partition coefficient (Wildman–Crippen LogP) is 4.67. The van der Waals surface area contributed by atoms with Crippen LogP contribution in [0.3, 0.4) is 0 Å². The molecule has 0 atom stereocenters. The van der Waals surface area contributed by atoms with Crippen molar-refractivity contribution in [1.29, 1.82) is 0 Å². The molecular weight excluding hydrogens is 284 g/mol. The summed E-state index contributed by atoms with van der Waals surface area (Å²) in [6, 6.07) is 8.73. The molecule has 3 nitrogen and oxygen atoms in total. The van der Waals surface area contributed by atoms with Crippen LogP contribution in [-0.2, 0) is 0 Å². The lowest BCUT2D eigenvalue weighted by atomic mass is 9.95. The maximum absolute atomic E-state index is 12.6. The van der Waals surface area contributed by atoms with Gasteiger partial charge in [0.1, 0.15) is 0 Å². The maximum Gasteiger partial charge on any atom is 0.253 e. The first-order chi connectivity index (χ1) is 11.0. The minimum atomic E-state index is 0.0562. The molecular formula is C20H26N2O. The van der Waals surface area contributed by atoms with Crippen LogP contribution in [0.25, 0.3) is 11.3 Å². The molecule has 1 heterocycles. The monoisotopic (exact) mass is 310 g/mol. The quantitative estimate of drug-likeness (QED) is 0.850. The minimum Gasteiger partial charge on any atom is -0.358 e. The first-order valence-electron chi connectivity index (χ1n) is 8.62. The summed E-state index contributed by atoms with van der Waals surface area (Å²) in [4.78, 5) is 15.9. The molecule has 0 radical (unpaired) electrons. The molecule has 2 N–H and O–H groups in total. The number of aromatic amines is 1. The fourth-order valence-corrected chi connectivity index (χ4v) is 3.37. The molecule has 0 bridgehead atoms. The Hall–Kier alpha value is -2.03. The lowest BCUT2D eigenvalue weighted by molar-refractivity contribution is 0.0927. The van der Waals surface area contributed by atoms with Crippen molar-refractivity contribution in [2.45, 2.75) is 58.9 Å². The summed E-state index contributed by atoms with van der Waals surface area (Å²) >= 11 is 0. The summed E-state index contributed by atoms with van der Waals surface area (Å²) in [5.74, 6) is 0.0562. The Morgan fingerprint density at radius 1 is 1.04 bits per heavy atom. The molecule has 23 heavy (non-hydrogen) atoms. The molecule has 0 spiro atoms. The van der Waals surface area contributed by atoms with Gasteiger partial charge in [-0.1, -0.05) is 31.4 Å². The third-order valence-electron chi connectivity index (χ3n) is 5.02. The molecule has 1 fully saturated rings. The Kier molecular flexibility index (Phi) is 4.56. The Morgan fingerprint density at radius 3 is 2.48 bits per heavy atom. The van der Waals surface area contributed by atoms with Gasteiger partial charge < -0.3 is 10.3 Å². The van der Waals surface area contributed by atoms with Gasteiger partial charge in [-0.2, -0.15) is 0 Å². The number of rotatable bonds is 3. The predicted molar refractivity (Wildman–Crippen MR) is 94.8 cm³/mol. The van der Waals surface area contributed by atoms with Crippen molar-refractivity contribution in [3.05, 3.63) is 46.6 Å². The SMILES string of the molecule is Cc1ccc(-c2cc(C(=O)NC3CCCCC3)c(C)[nH]2)cc1C. The second kappa shape index (κ2) is 6.61. The topological polar surface area (TPSA) is 44.9 Å². The van der Waals surface area contributed by atoms with Crippen molar-refractivity contribution in [2.75, 3.05) is 0 Å². The van der Waals surface area contributed by atoms with Gasteiger partial charge in [0.2, 0.25) is 0 Å². The van der Waals surface area contributed by atoms with Crippen LogP contribution in [0, 0.1) is 20.8 Å². The van der Waals surface area contributed by atoms with Crippen LogP contribution in [-0.4, -0.2) is 16.9 Å². The van der Waals surface area contributed by atoms with Gasteiger partial charge in [0.25, 0.3) is 5.91 Å². The molecule has 0 unspecified atom stereocenters. The Balaban J connectivity index is 1.79. The van der Waals surface area contributed by atoms with Crippen LogP contribution in [0.4, 0.5) is 0 Å². The van der Waals surface area contributed by atoms with Gasteiger partial charge in [-0.25, -0.2) is 0 Å². The number of nitrogens with one attached hydrogen (secondary N) is 2. The Labute approximate surface area is 138 Å². The first-order valence-corrected chi connectivity index (χ1v) is 8.62. The number of aromatic nitrogens is 1. The molecule has 3 rings (SSSR count). The van der Waals surface area contributed by atoms with Crippen LogP contribution in [0.2, 0.25) is 0 Å². The van der Waals surface area contributed by atoms with Gasteiger partial charge in [-0.15, -0.1) is 0 Å². The normalized spacial score (nSPS) is 15.6. The molecule has 1 aliphatic rings. The number of aryl methyl sites for hydroxylation is 3. The van der Waals surface area contributed by atoms with E-state index in [-0.39, 0.29) is 5.91 Å². The van der Waals surface area contributed by atoms with Crippen LogP contribution >= 0.6 is 0 Å². The molecule has 0 saturated heterocycles. The average Bonchev–Trinajstić information content (AvgIpc) is 2.93. The summed E-state index contributed by atoms with van der Waals surface area (Å²) in [6.45, 7) is 6.20. The van der Waals surface area contributed by atoms with E-state index in [1.54, 1.807) is 0 Å². The number of amides is 1. The molecule has 1 saturated carbocycles. The lowest BCUT2D eigenvalue weighted by Gasteiger charge is -2.22. The third kappa shape index (κ3) is 3.49. The van der Waals surface area contributed by atoms with Gasteiger partial charge in [-0.05, 0) is 62.4 Å². The third-order valence-corrected chi connectivity index (χ3v) is 5.02. The molecule has 1 amide bonds. The van der Waals surface area contributed by atoms with Crippen LogP contribution in [0.5, 0.6) is 0 Å². The molecule has 2 aromatic rings. The van der Waals surface area contributed by atoms with Gasteiger partial charge in [0, 0.05) is 17.4 Å². The standard InChI is InChI=1S/C20H26N2O/c1-13-9-10-16(11-14(13)2)19-12-18(15(3)21-19)20(23)22-17-7-5-4-6-8-17/h9-12,17,21H,4-8H2,1-3H3,(H,22,23). The Bertz CT molecular complexity index is 708. The van der Waals surface area contributed by atoms with Crippen LogP contribution < -0.4 is 5.32 Å². The van der Waals surface area contributed by atoms with Crippen molar-refractivity contribution < 1.29 is 4.79 Å². The van der Waals surface area contributed by atoms with Crippen LogP contribution in [0.1, 0.15) is 59.3 Å². The highest BCUT2D eigenvalue weighted by Crippen LogP contribution is 2.25. The fourth-order valence-electron chi connectivity index (χ4n) is 3.37. The van der Waals surface area contributed by atoms with Gasteiger partial charge in [0.05, 0.1) is 5.56 Å². The smallest absolute Gasteiger partial charge is 0.253 e. The number of hydrogen-bond acceptors (Lipinski definition) is 1. The number of benzene rings is 1. The molecule has 122 valence electrons. The van der Waals surface area contributed by atoms with E-state index in [2.05, 4.69) is 42.3 Å². The van der Waals surface area contributed by atoms with E-state index in [0.29, 0.717) is 6.04 Å². The van der Waals surface area contributed by atoms with E-state index >= 15 is 0 Å². The zero-order valence-electron chi connectivity index (χ0n) is 14.3. The summed E-state index contributed by atoms with van der Waals surface area (Å²) in [5, 5.41) is 3.20. The zero-order valence-corrected chi connectivity index (χ0v) is 14.3. The van der Waals surface area contributed by atoms with E-state index in [4.69, 9.17) is 0 Å². The van der Waals surface area contributed by atoms with Crippen molar-refractivity contribution in [1.82, 2.24) is 10.3 Å². The van der Waals surface area contributed by atoms with Crippen molar-refractivity contribution in [3.8, 4) is 11.3 Å². The average molecular weight is 310 g/mol. The van der Waals surface area contributed by atoms with E-state index < -0.39 is 0 Å². The lowest BCUT2D eigenvalue weighted by Crippen LogP contribution is -2.36. The highest BCUT2D eigenvalue weighted by atomic mass is 16.1. The van der Waals surface area contributed by atoms with E-state index in [0.717, 1.165) is 35.4 Å². The van der Waals surface area contributed by atoms with Crippen molar-refractivity contribution >= 4 is 5.91 Å². The van der Waals surface area contributed by atoms with E-state index in [1.165, 1.54) is 30.4 Å². The number of hydrogen-bond donors (Lipinski definition) is 2. The number of H-pyrrole nitrogens is 1. The summed E-state index contributed by atoms with van der Waals surface area (Å²) < 4.78 is 0. The van der Waals surface area contributed by atoms with E-state index in [9.17, 15) is 4.79 Å². The largest absolute Gasteiger partial charge is 0.358 e. The molecule has 1 aliphatic carbocycles. The number of carbonyl (C=O) groups is 1. The molecule has 0 aliphatic heterocycles. The maximum atomic E-state index is 12.6. The van der Waals surface area contributed by atoms with Crippen LogP contribution in [0.15, 0.2) is 24.3 Å². The van der Waals surface area contributed by atoms with Crippen molar-refractivity contribution in [2.24, 2.45) is 0 Å². The minimum absolute atomic E-state index is 0.0562. The van der Waals surface area contributed by atoms with E-state index in [1.807, 2.05) is 13.0 Å². The highest BCUT2D eigenvalue weighted by Gasteiger charge is 2.19. The summed E-state index contributed by atoms with van der Waals surface area (Å²) in [5.41, 5.74) is 6.40. The number of carbonyl (C=O) groups excluding carboxylic acids is 1. The van der Waals surface area contributed by atoms with Crippen molar-refractivity contribution in [3.63, 3.8) is 0 Å². The second-order valence-corrected chi connectivity index (χ2v) is 6.83. The fraction of sp³-hybridized carbons (Fsp3) is 0.450. The Morgan fingerprint density at radius 2 is 1.78 bits per heavy atom. The first kappa shape index (κ1) is 15.9. The van der Waals surface area contributed by atoms with Gasteiger partial charge >= 0.3 is 0 Å².